The largest absolute Gasteiger partial charge is 0.356 e. The molecule has 2 aromatic heterocycles. The Morgan fingerprint density at radius 1 is 1.00 bits per heavy atom. The molecule has 1 N–H and O–H groups in total. The summed E-state index contributed by atoms with van der Waals surface area (Å²) in [6, 6.07) is 19.4. The minimum Gasteiger partial charge on any atom is -0.356 e. The average molecular weight is 388 g/mol. The maximum atomic E-state index is 12.2. The number of hydrogen-bond acceptors (Lipinski definition) is 6. The first-order chi connectivity index (χ1) is 14.2. The van der Waals surface area contributed by atoms with Gasteiger partial charge in [0.15, 0.2) is 5.76 Å². The van der Waals surface area contributed by atoms with Gasteiger partial charge in [-0.15, -0.1) is 0 Å². The number of amides is 1. The maximum Gasteiger partial charge on any atom is 0.236 e. The summed E-state index contributed by atoms with van der Waals surface area (Å²) in [4.78, 5) is 16.5. The van der Waals surface area contributed by atoms with E-state index in [1.165, 1.54) is 0 Å². The van der Waals surface area contributed by atoms with Crippen molar-refractivity contribution in [2.75, 3.05) is 6.54 Å². The lowest BCUT2D eigenvalue weighted by molar-refractivity contribution is -0.120. The molecule has 4 rings (SSSR count). The highest BCUT2D eigenvalue weighted by molar-refractivity contribution is 5.77. The number of aromatic nitrogens is 3. The third-order valence-corrected chi connectivity index (χ3v) is 4.49. The van der Waals surface area contributed by atoms with Crippen LogP contribution in [0.5, 0.6) is 0 Å². The molecule has 0 aliphatic heterocycles. The third kappa shape index (κ3) is 4.57. The summed E-state index contributed by atoms with van der Waals surface area (Å²) in [6.45, 7) is 2.42. The highest BCUT2D eigenvalue weighted by Crippen LogP contribution is 2.20. The average Bonchev–Trinajstić information content (AvgIpc) is 3.39. The normalized spacial score (nSPS) is 10.8. The lowest BCUT2D eigenvalue weighted by Crippen LogP contribution is -2.27. The predicted octanol–water partition coefficient (Wildman–Crippen LogP) is 3.60. The van der Waals surface area contributed by atoms with Crippen LogP contribution in [0.4, 0.5) is 0 Å². The minimum atomic E-state index is -0.184. The van der Waals surface area contributed by atoms with E-state index in [1.807, 2.05) is 67.6 Å². The fourth-order valence-electron chi connectivity index (χ4n) is 2.96. The van der Waals surface area contributed by atoms with Gasteiger partial charge in [-0.25, -0.2) is 0 Å². The molecule has 0 fully saturated rings. The monoisotopic (exact) mass is 388 g/mol. The maximum absolute atomic E-state index is 12.2. The number of nitrogens with one attached hydrogen (secondary N) is 1. The second kappa shape index (κ2) is 8.52. The first-order valence-electron chi connectivity index (χ1n) is 9.35. The second-order valence-corrected chi connectivity index (χ2v) is 6.65. The Kier molecular flexibility index (Phi) is 5.47. The van der Waals surface area contributed by atoms with Crippen molar-refractivity contribution in [1.82, 2.24) is 20.6 Å². The molecule has 2 heterocycles. The van der Waals surface area contributed by atoms with Gasteiger partial charge in [-0.3, -0.25) is 4.79 Å². The van der Waals surface area contributed by atoms with E-state index in [4.69, 9.17) is 9.05 Å². The highest BCUT2D eigenvalue weighted by Gasteiger charge is 2.14. The number of carbonyl (C=O) groups is 1. The molecule has 146 valence electrons. The molecule has 2 aromatic carbocycles. The molecule has 0 spiro atoms. The van der Waals surface area contributed by atoms with Crippen molar-refractivity contribution < 1.29 is 13.8 Å². The summed E-state index contributed by atoms with van der Waals surface area (Å²) in [7, 11) is 0. The van der Waals surface area contributed by atoms with Crippen LogP contribution < -0.4 is 5.32 Å². The van der Waals surface area contributed by atoms with Gasteiger partial charge in [0.05, 0.1) is 5.69 Å². The molecule has 1 amide bonds. The van der Waals surface area contributed by atoms with Crippen LogP contribution in [-0.4, -0.2) is 27.7 Å². The lowest BCUT2D eigenvalue weighted by Gasteiger charge is -2.01. The fourth-order valence-corrected chi connectivity index (χ4v) is 2.96. The van der Waals surface area contributed by atoms with Gasteiger partial charge in [0, 0.05) is 30.2 Å². The minimum absolute atomic E-state index is 0.0347. The van der Waals surface area contributed by atoms with Gasteiger partial charge >= 0.3 is 0 Å². The Balaban J connectivity index is 1.28. The van der Waals surface area contributed by atoms with Crippen LogP contribution in [0.1, 0.15) is 17.1 Å². The molecule has 0 unspecified atom stereocenters. The van der Waals surface area contributed by atoms with Crippen molar-refractivity contribution in [2.24, 2.45) is 0 Å². The standard InChI is InChI=1S/C22H20N4O3/c1-15-7-5-6-10-18(15)22-24-21(29-26-22)14-20(27)23-12-11-17-13-19(28-25-17)16-8-3-2-4-9-16/h2-10,13H,11-12,14H2,1H3,(H,23,27). The second-order valence-electron chi connectivity index (χ2n) is 6.65. The van der Waals surface area contributed by atoms with E-state index in [1.54, 1.807) is 0 Å². The molecule has 7 heteroatoms. The zero-order chi connectivity index (χ0) is 20.1. The molecule has 29 heavy (non-hydrogen) atoms. The van der Waals surface area contributed by atoms with Crippen LogP contribution in [0.3, 0.4) is 0 Å². The Morgan fingerprint density at radius 3 is 2.62 bits per heavy atom. The van der Waals surface area contributed by atoms with Crippen LogP contribution in [0.25, 0.3) is 22.7 Å². The van der Waals surface area contributed by atoms with Crippen LogP contribution in [-0.2, 0) is 17.6 Å². The van der Waals surface area contributed by atoms with E-state index in [2.05, 4.69) is 20.6 Å². The van der Waals surface area contributed by atoms with E-state index < -0.39 is 0 Å². The van der Waals surface area contributed by atoms with E-state index >= 15 is 0 Å². The van der Waals surface area contributed by atoms with E-state index in [0.29, 0.717) is 24.6 Å². The zero-order valence-corrected chi connectivity index (χ0v) is 16.0. The number of aryl methyl sites for hydroxylation is 1. The third-order valence-electron chi connectivity index (χ3n) is 4.49. The number of rotatable bonds is 7. The smallest absolute Gasteiger partial charge is 0.236 e. The number of nitrogens with zero attached hydrogens (tertiary/aromatic N) is 3. The SMILES string of the molecule is Cc1ccccc1-c1noc(CC(=O)NCCc2cc(-c3ccccc3)on2)n1. The summed E-state index contributed by atoms with van der Waals surface area (Å²) in [6.07, 6.45) is 0.604. The number of hydrogen-bond donors (Lipinski definition) is 1. The molecule has 0 aliphatic rings. The van der Waals surface area contributed by atoms with Crippen LogP contribution in [0.2, 0.25) is 0 Å². The van der Waals surface area contributed by atoms with E-state index in [0.717, 1.165) is 22.4 Å². The van der Waals surface area contributed by atoms with E-state index in [-0.39, 0.29) is 18.2 Å². The van der Waals surface area contributed by atoms with Crippen LogP contribution in [0, 0.1) is 6.92 Å². The molecule has 0 saturated carbocycles. The predicted molar refractivity (Wildman–Crippen MR) is 107 cm³/mol. The van der Waals surface area contributed by atoms with Crippen molar-refractivity contribution in [3.63, 3.8) is 0 Å². The Morgan fingerprint density at radius 2 is 1.79 bits per heavy atom. The molecule has 0 bridgehead atoms. The zero-order valence-electron chi connectivity index (χ0n) is 16.0. The van der Waals surface area contributed by atoms with Crippen molar-refractivity contribution >= 4 is 5.91 Å². The van der Waals surface area contributed by atoms with Crippen molar-refractivity contribution in [3.05, 3.63) is 77.8 Å². The molecular formula is C22H20N4O3. The van der Waals surface area contributed by atoms with Crippen LogP contribution >= 0.6 is 0 Å². The van der Waals surface area contributed by atoms with Gasteiger partial charge in [0.1, 0.15) is 6.42 Å². The molecule has 7 nitrogen and oxygen atoms in total. The highest BCUT2D eigenvalue weighted by atomic mass is 16.5. The topological polar surface area (TPSA) is 94.1 Å². The lowest BCUT2D eigenvalue weighted by atomic mass is 10.1. The Bertz CT molecular complexity index is 1100. The number of carbonyl (C=O) groups excluding carboxylic acids is 1. The summed E-state index contributed by atoms with van der Waals surface area (Å²) in [5.74, 6) is 1.30. The van der Waals surface area contributed by atoms with Gasteiger partial charge in [-0.1, -0.05) is 64.9 Å². The molecule has 0 saturated heterocycles. The summed E-state index contributed by atoms with van der Waals surface area (Å²) < 4.78 is 10.6. The summed E-state index contributed by atoms with van der Waals surface area (Å²) in [5.41, 5.74) is 3.69. The first kappa shape index (κ1) is 18.6. The van der Waals surface area contributed by atoms with Gasteiger partial charge in [0.2, 0.25) is 17.6 Å². The van der Waals surface area contributed by atoms with Crippen LogP contribution in [0.15, 0.2) is 69.7 Å². The van der Waals surface area contributed by atoms with Crippen molar-refractivity contribution in [2.45, 2.75) is 19.8 Å². The van der Waals surface area contributed by atoms with Gasteiger partial charge in [-0.05, 0) is 12.5 Å². The van der Waals surface area contributed by atoms with Gasteiger partial charge in [0.25, 0.3) is 0 Å². The first-order valence-corrected chi connectivity index (χ1v) is 9.35. The van der Waals surface area contributed by atoms with E-state index in [9.17, 15) is 4.79 Å². The molecule has 0 aliphatic carbocycles. The molecule has 0 radical (unpaired) electrons. The van der Waals surface area contributed by atoms with Gasteiger partial charge < -0.3 is 14.4 Å². The fraction of sp³-hybridized carbons (Fsp3) is 0.182. The molecule has 0 atom stereocenters. The number of benzene rings is 2. The Hall–Kier alpha value is -3.74. The molecular weight excluding hydrogens is 368 g/mol. The quantitative estimate of drug-likeness (QED) is 0.520. The van der Waals surface area contributed by atoms with Crippen molar-refractivity contribution in [3.8, 4) is 22.7 Å². The Labute approximate surface area is 167 Å². The summed E-state index contributed by atoms with van der Waals surface area (Å²) in [5, 5.41) is 10.9. The van der Waals surface area contributed by atoms with Crippen molar-refractivity contribution in [1.29, 1.82) is 0 Å². The summed E-state index contributed by atoms with van der Waals surface area (Å²) >= 11 is 0. The van der Waals surface area contributed by atoms with Gasteiger partial charge in [-0.2, -0.15) is 4.98 Å². The molecule has 4 aromatic rings.